The van der Waals surface area contributed by atoms with Crippen LogP contribution in [0.2, 0.25) is 0 Å². The predicted molar refractivity (Wildman–Crippen MR) is 133 cm³/mol. The number of azo groups is 1. The van der Waals surface area contributed by atoms with E-state index in [0.717, 1.165) is 12.1 Å². The third-order valence-electron chi connectivity index (χ3n) is 4.58. The molecule has 37 heavy (non-hydrogen) atoms. The third-order valence-corrected chi connectivity index (χ3v) is 5.98. The van der Waals surface area contributed by atoms with Gasteiger partial charge in [0, 0.05) is 17.5 Å². The molecular formula is C21H19N5O9S2. The molecule has 0 fully saturated rings. The molecule has 3 rings (SSSR count). The lowest BCUT2D eigenvalue weighted by molar-refractivity contribution is -0.432. The zero-order valence-electron chi connectivity index (χ0n) is 18.8. The summed E-state index contributed by atoms with van der Waals surface area (Å²) in [7, 11) is -3.17. The van der Waals surface area contributed by atoms with Crippen LogP contribution in [0.25, 0.3) is 0 Å². The molecule has 0 saturated heterocycles. The molecule has 0 unspecified atom stereocenters. The first-order valence-corrected chi connectivity index (χ1v) is 12.2. The Kier molecular flexibility index (Phi) is 9.12. The largest absolute Gasteiger partial charge is 0.504 e. The Hall–Kier alpha value is -4.06. The van der Waals surface area contributed by atoms with Gasteiger partial charge in [0.15, 0.2) is 5.75 Å². The minimum absolute atomic E-state index is 0.00431. The summed E-state index contributed by atoms with van der Waals surface area (Å²) in [5.41, 5.74) is 2.47. The molecule has 16 heteroatoms. The van der Waals surface area contributed by atoms with Gasteiger partial charge >= 0.3 is 5.97 Å². The number of benzene rings is 3. The monoisotopic (exact) mass is 549 g/mol. The van der Waals surface area contributed by atoms with Gasteiger partial charge in [0.25, 0.3) is 10.1 Å². The van der Waals surface area contributed by atoms with Gasteiger partial charge in [-0.1, -0.05) is 35.4 Å². The molecule has 0 amide bonds. The normalized spacial score (nSPS) is 12.0. The van der Waals surface area contributed by atoms with Crippen molar-refractivity contribution in [3.05, 3.63) is 71.8 Å². The smallest absolute Gasteiger partial charge is 0.338 e. The second-order valence-electron chi connectivity index (χ2n) is 6.92. The number of aromatic carboxylic acids is 1. The number of amidine groups is 1. The van der Waals surface area contributed by atoms with E-state index in [4.69, 9.17) is 5.26 Å². The van der Waals surface area contributed by atoms with Crippen LogP contribution in [-0.2, 0) is 19.5 Å². The first kappa shape index (κ1) is 27.5. The Bertz CT molecular complexity index is 1450. The van der Waals surface area contributed by atoms with Crippen LogP contribution >= 0.6 is 12.0 Å². The van der Waals surface area contributed by atoms with E-state index < -0.39 is 26.7 Å². The molecule has 0 heterocycles. The molecule has 3 aromatic rings. The van der Waals surface area contributed by atoms with Crippen molar-refractivity contribution in [2.75, 3.05) is 17.8 Å². The predicted octanol–water partition coefficient (Wildman–Crippen LogP) is 4.36. The highest BCUT2D eigenvalue weighted by Crippen LogP contribution is 2.35. The van der Waals surface area contributed by atoms with Crippen LogP contribution in [0.1, 0.15) is 15.9 Å². The summed E-state index contributed by atoms with van der Waals surface area (Å²) in [6, 6.07) is 14.4. The highest BCUT2D eigenvalue weighted by Gasteiger charge is 2.17. The number of phenolic OH excluding ortho intramolecular Hbond substituents is 1. The first-order valence-electron chi connectivity index (χ1n) is 9.99. The van der Waals surface area contributed by atoms with E-state index in [0.29, 0.717) is 22.5 Å². The summed E-state index contributed by atoms with van der Waals surface area (Å²) in [4.78, 5) is 11.5. The van der Waals surface area contributed by atoms with Crippen molar-refractivity contribution in [2.24, 2.45) is 15.3 Å². The van der Waals surface area contributed by atoms with Crippen LogP contribution in [0.3, 0.4) is 0 Å². The molecule has 0 aliphatic rings. The van der Waals surface area contributed by atoms with E-state index in [1.54, 1.807) is 30.3 Å². The summed E-state index contributed by atoms with van der Waals surface area (Å²) < 4.78 is 37.0. The number of carboxylic acids is 1. The van der Waals surface area contributed by atoms with Gasteiger partial charge in [-0.3, -0.25) is 9.98 Å². The maximum Gasteiger partial charge on any atom is 0.338 e. The second kappa shape index (κ2) is 12.3. The third kappa shape index (κ3) is 7.23. The molecule has 6 N–H and O–H groups in total. The summed E-state index contributed by atoms with van der Waals surface area (Å²) in [6.07, 6.45) is 0. The van der Waals surface area contributed by atoms with E-state index in [2.05, 4.69) is 35.4 Å². The molecule has 3 aromatic carbocycles. The summed E-state index contributed by atoms with van der Waals surface area (Å²) in [5, 5.41) is 46.5. The minimum Gasteiger partial charge on any atom is -0.504 e. The molecule has 0 atom stereocenters. The quantitative estimate of drug-likeness (QED) is 0.0304. The van der Waals surface area contributed by atoms with Crippen molar-refractivity contribution in [2.45, 2.75) is 9.79 Å². The Morgan fingerprint density at radius 3 is 2.38 bits per heavy atom. The molecule has 0 radical (unpaired) electrons. The van der Waals surface area contributed by atoms with Gasteiger partial charge in [-0.15, -0.1) is 14.6 Å². The molecule has 14 nitrogen and oxygen atoms in total. The van der Waals surface area contributed by atoms with Crippen LogP contribution in [0.5, 0.6) is 5.75 Å². The topological polar surface area (TPSA) is 212 Å². The Morgan fingerprint density at radius 1 is 1.05 bits per heavy atom. The van der Waals surface area contributed by atoms with Gasteiger partial charge in [-0.2, -0.15) is 13.5 Å². The van der Waals surface area contributed by atoms with Crippen LogP contribution in [0.15, 0.2) is 85.8 Å². The maximum absolute atomic E-state index is 11.7. The zero-order chi connectivity index (χ0) is 27.0. The first-order chi connectivity index (χ1) is 17.6. The van der Waals surface area contributed by atoms with Gasteiger partial charge in [0.1, 0.15) is 11.4 Å². The molecule has 0 spiro atoms. The Morgan fingerprint density at radius 2 is 1.76 bits per heavy atom. The lowest BCUT2D eigenvalue weighted by Crippen LogP contribution is -2.05. The molecule has 0 saturated carbocycles. The van der Waals surface area contributed by atoms with E-state index in [1.165, 1.54) is 25.2 Å². The fourth-order valence-electron chi connectivity index (χ4n) is 2.86. The molecule has 0 aromatic heterocycles. The average Bonchev–Trinajstić information content (AvgIpc) is 2.88. The summed E-state index contributed by atoms with van der Waals surface area (Å²) >= 11 is 0.564. The highest BCUT2D eigenvalue weighted by molar-refractivity contribution is 7.94. The van der Waals surface area contributed by atoms with Gasteiger partial charge in [-0.25, -0.2) is 10.1 Å². The van der Waals surface area contributed by atoms with Crippen molar-refractivity contribution in [1.29, 1.82) is 0 Å². The van der Waals surface area contributed by atoms with Gasteiger partial charge in [-0.05, 0) is 30.3 Å². The van der Waals surface area contributed by atoms with Gasteiger partial charge < -0.3 is 15.5 Å². The van der Waals surface area contributed by atoms with Crippen LogP contribution in [0.4, 0.5) is 17.1 Å². The van der Waals surface area contributed by atoms with Crippen molar-refractivity contribution >= 4 is 51.0 Å². The standard InChI is InChI=1S/C21H19N5O9S2/c1-22-17-10-14(37(31,32)33)11-18(19(17)27)24-26-20(12-5-3-2-4-6-12)25-23-16-8-7-13(36-35-34-30)9-15(16)21(28)29/h2-11,22,24,27,30H,1H3,(H,28,29)(H,31,32,33). The number of aromatic hydroxyl groups is 1. The highest BCUT2D eigenvalue weighted by atomic mass is 32.2. The number of nitrogens with one attached hydrogen (secondary N) is 2. The van der Waals surface area contributed by atoms with Gasteiger partial charge in [0.2, 0.25) is 5.84 Å². The number of carboxylic acid groups (broad SMARTS) is 1. The lowest BCUT2D eigenvalue weighted by Gasteiger charge is -2.11. The van der Waals surface area contributed by atoms with E-state index in [1.807, 2.05) is 0 Å². The van der Waals surface area contributed by atoms with E-state index in [-0.39, 0.29) is 28.5 Å². The fraction of sp³-hybridized carbons (Fsp3) is 0.0476. The Labute approximate surface area is 214 Å². The zero-order valence-corrected chi connectivity index (χ0v) is 20.4. The average molecular weight is 550 g/mol. The Balaban J connectivity index is 2.03. The molecule has 194 valence electrons. The van der Waals surface area contributed by atoms with Crippen molar-refractivity contribution in [3.8, 4) is 5.75 Å². The van der Waals surface area contributed by atoms with Crippen molar-refractivity contribution in [1.82, 2.24) is 0 Å². The number of anilines is 2. The number of phenols is 1. The second-order valence-corrected chi connectivity index (χ2v) is 9.11. The lowest BCUT2D eigenvalue weighted by atomic mass is 10.2. The number of nitrogens with zero attached hydrogens (tertiary/aromatic N) is 3. The fourth-order valence-corrected chi connectivity index (χ4v) is 3.79. The maximum atomic E-state index is 11.7. The van der Waals surface area contributed by atoms with Crippen molar-refractivity contribution in [3.63, 3.8) is 0 Å². The minimum atomic E-state index is -4.60. The summed E-state index contributed by atoms with van der Waals surface area (Å²) in [6.45, 7) is 0. The molecule has 0 aliphatic carbocycles. The summed E-state index contributed by atoms with van der Waals surface area (Å²) in [5.74, 6) is -1.77. The molecule has 0 bridgehead atoms. The number of rotatable bonds is 10. The SMILES string of the molecule is CNc1cc(S(=O)(=O)O)cc(NN=C(N=Nc2ccc(SOOO)cc2C(=O)O)c2ccccc2)c1O. The van der Waals surface area contributed by atoms with E-state index >= 15 is 0 Å². The van der Waals surface area contributed by atoms with Crippen LogP contribution in [0, 0.1) is 0 Å². The van der Waals surface area contributed by atoms with Gasteiger partial charge in [0.05, 0.1) is 28.2 Å². The van der Waals surface area contributed by atoms with Crippen molar-refractivity contribution < 1.29 is 42.6 Å². The van der Waals surface area contributed by atoms with Crippen LogP contribution in [-0.4, -0.2) is 47.3 Å². The number of hydrogen-bond acceptors (Lipinski definition) is 12. The number of carbonyl (C=O) groups is 1. The molecule has 0 aliphatic heterocycles. The van der Waals surface area contributed by atoms with E-state index in [9.17, 15) is 28.0 Å². The number of hydrogen-bond donors (Lipinski definition) is 6. The number of hydrazone groups is 1. The molecular weight excluding hydrogens is 530 g/mol. The van der Waals surface area contributed by atoms with Crippen LogP contribution < -0.4 is 10.7 Å².